The van der Waals surface area contributed by atoms with Crippen LogP contribution in [0, 0.1) is 0 Å². The average Bonchev–Trinajstić information content (AvgIpc) is 1.83. The van der Waals surface area contributed by atoms with E-state index < -0.39 is 24.8 Å². The number of carbonyl (C=O) groups excluding carboxylic acids is 2. The SMILES string of the molecule is O=C1CCN(C(F)(F)F)C(=O)N1. The summed E-state index contributed by atoms with van der Waals surface area (Å²) in [5.74, 6) is -0.680. The van der Waals surface area contributed by atoms with E-state index in [4.69, 9.17) is 0 Å². The van der Waals surface area contributed by atoms with Crippen molar-refractivity contribution in [3.8, 4) is 0 Å². The maximum absolute atomic E-state index is 11.9. The summed E-state index contributed by atoms with van der Waals surface area (Å²) in [5.41, 5.74) is 0. The molecule has 0 unspecified atom stereocenters. The highest BCUT2D eigenvalue weighted by Crippen LogP contribution is 2.22. The minimum absolute atomic E-state index is 0.314. The average molecular weight is 182 g/mol. The maximum Gasteiger partial charge on any atom is 0.488 e. The summed E-state index contributed by atoms with van der Waals surface area (Å²) >= 11 is 0. The molecule has 3 amide bonds. The van der Waals surface area contributed by atoms with Crippen LogP contribution in [0.15, 0.2) is 0 Å². The second kappa shape index (κ2) is 2.65. The monoisotopic (exact) mass is 182 g/mol. The van der Waals surface area contributed by atoms with Gasteiger partial charge in [-0.3, -0.25) is 10.1 Å². The Kier molecular flexibility index (Phi) is 1.95. The second-order valence-electron chi connectivity index (χ2n) is 2.22. The van der Waals surface area contributed by atoms with Gasteiger partial charge in [-0.15, -0.1) is 13.2 Å². The van der Waals surface area contributed by atoms with E-state index in [2.05, 4.69) is 0 Å². The summed E-state index contributed by atoms with van der Waals surface area (Å²) < 4.78 is 35.6. The topological polar surface area (TPSA) is 49.4 Å². The van der Waals surface area contributed by atoms with E-state index in [-0.39, 0.29) is 11.3 Å². The van der Waals surface area contributed by atoms with Crippen LogP contribution in [0.4, 0.5) is 18.0 Å². The molecule has 1 aliphatic heterocycles. The first-order valence-electron chi connectivity index (χ1n) is 3.09. The van der Waals surface area contributed by atoms with E-state index in [1.165, 1.54) is 0 Å². The summed E-state index contributed by atoms with van der Waals surface area (Å²) in [6, 6.07) is -1.40. The molecule has 1 aliphatic rings. The zero-order chi connectivity index (χ0) is 9.35. The van der Waals surface area contributed by atoms with Crippen LogP contribution in [0.2, 0.25) is 0 Å². The number of urea groups is 1. The Bertz CT molecular complexity index is 225. The molecule has 0 aromatic rings. The Balaban J connectivity index is 2.69. The van der Waals surface area contributed by atoms with Crippen LogP contribution in [0.3, 0.4) is 0 Å². The lowest BCUT2D eigenvalue weighted by Crippen LogP contribution is -2.55. The molecule has 0 bridgehead atoms. The number of hydrogen-bond donors (Lipinski definition) is 1. The van der Waals surface area contributed by atoms with E-state index >= 15 is 0 Å². The molecule has 0 radical (unpaired) electrons. The molecule has 0 aromatic heterocycles. The predicted molar refractivity (Wildman–Crippen MR) is 30.9 cm³/mol. The fraction of sp³-hybridized carbons (Fsp3) is 0.600. The summed E-state index contributed by atoms with van der Waals surface area (Å²) in [7, 11) is 0. The summed E-state index contributed by atoms with van der Waals surface area (Å²) in [4.78, 5) is 20.6. The number of carbonyl (C=O) groups is 2. The van der Waals surface area contributed by atoms with Gasteiger partial charge in [0.1, 0.15) is 0 Å². The summed E-state index contributed by atoms with van der Waals surface area (Å²) in [5, 5.41) is 1.56. The molecule has 12 heavy (non-hydrogen) atoms. The molecule has 0 aromatic carbocycles. The molecular weight excluding hydrogens is 177 g/mol. The highest BCUT2D eigenvalue weighted by Gasteiger charge is 2.43. The first kappa shape index (κ1) is 8.82. The number of alkyl halides is 3. The minimum Gasteiger partial charge on any atom is -0.278 e. The predicted octanol–water partition coefficient (Wildman–Crippen LogP) is 0.448. The van der Waals surface area contributed by atoms with Crippen molar-refractivity contribution >= 4 is 11.9 Å². The molecule has 1 saturated heterocycles. The standard InChI is InChI=1S/C5H5F3N2O2/c6-5(7,8)10-2-1-3(11)9-4(10)12/h1-2H2,(H,9,11,12). The fourth-order valence-corrected chi connectivity index (χ4v) is 0.806. The molecule has 1 heterocycles. The summed E-state index contributed by atoms with van der Waals surface area (Å²) in [6.07, 6.45) is -5.02. The van der Waals surface area contributed by atoms with Crippen molar-refractivity contribution in [2.75, 3.05) is 6.54 Å². The van der Waals surface area contributed by atoms with Crippen molar-refractivity contribution < 1.29 is 22.8 Å². The molecule has 1 rings (SSSR count). The number of nitrogens with zero attached hydrogens (tertiary/aromatic N) is 1. The Morgan fingerprint density at radius 2 is 1.92 bits per heavy atom. The van der Waals surface area contributed by atoms with Crippen LogP contribution in [0.25, 0.3) is 0 Å². The number of rotatable bonds is 0. The number of imide groups is 1. The molecule has 4 nitrogen and oxygen atoms in total. The van der Waals surface area contributed by atoms with E-state index in [0.29, 0.717) is 0 Å². The zero-order valence-corrected chi connectivity index (χ0v) is 5.81. The van der Waals surface area contributed by atoms with Gasteiger partial charge < -0.3 is 0 Å². The molecule has 0 spiro atoms. The Hall–Kier alpha value is -1.27. The molecule has 1 fully saturated rings. The first-order valence-corrected chi connectivity index (χ1v) is 3.09. The van der Waals surface area contributed by atoms with Gasteiger partial charge in [-0.05, 0) is 0 Å². The van der Waals surface area contributed by atoms with Gasteiger partial charge in [0.2, 0.25) is 5.91 Å². The van der Waals surface area contributed by atoms with Gasteiger partial charge in [0.05, 0.1) is 0 Å². The summed E-state index contributed by atoms with van der Waals surface area (Å²) in [6.45, 7) is -0.603. The van der Waals surface area contributed by atoms with Crippen LogP contribution in [-0.2, 0) is 4.79 Å². The third kappa shape index (κ3) is 1.66. The normalized spacial score (nSPS) is 19.4. The maximum atomic E-state index is 11.9. The largest absolute Gasteiger partial charge is 0.488 e. The van der Waals surface area contributed by atoms with Crippen LogP contribution >= 0.6 is 0 Å². The van der Waals surface area contributed by atoms with Gasteiger partial charge >= 0.3 is 12.3 Å². The van der Waals surface area contributed by atoms with Crippen LogP contribution in [0.5, 0.6) is 0 Å². The van der Waals surface area contributed by atoms with E-state index in [1.807, 2.05) is 0 Å². The van der Waals surface area contributed by atoms with Crippen molar-refractivity contribution in [3.05, 3.63) is 0 Å². The third-order valence-electron chi connectivity index (χ3n) is 1.36. The molecular formula is C5H5F3N2O2. The van der Waals surface area contributed by atoms with Gasteiger partial charge in [-0.25, -0.2) is 9.69 Å². The Labute approximate surface area is 65.3 Å². The quantitative estimate of drug-likeness (QED) is 0.553. The highest BCUT2D eigenvalue weighted by atomic mass is 19.4. The van der Waals surface area contributed by atoms with E-state index in [1.54, 1.807) is 5.32 Å². The fourth-order valence-electron chi connectivity index (χ4n) is 0.806. The van der Waals surface area contributed by atoms with Crippen molar-refractivity contribution in [2.24, 2.45) is 0 Å². The second-order valence-corrected chi connectivity index (χ2v) is 2.22. The lowest BCUT2D eigenvalue weighted by molar-refractivity contribution is -0.225. The highest BCUT2D eigenvalue weighted by molar-refractivity contribution is 5.96. The first-order chi connectivity index (χ1) is 5.41. The van der Waals surface area contributed by atoms with Gasteiger partial charge in [0, 0.05) is 13.0 Å². The molecule has 0 saturated carbocycles. The Morgan fingerprint density at radius 3 is 2.33 bits per heavy atom. The van der Waals surface area contributed by atoms with Crippen LogP contribution in [0.1, 0.15) is 6.42 Å². The minimum atomic E-state index is -4.70. The Morgan fingerprint density at radius 1 is 1.33 bits per heavy atom. The third-order valence-corrected chi connectivity index (χ3v) is 1.36. The van der Waals surface area contributed by atoms with Crippen LogP contribution < -0.4 is 5.32 Å². The van der Waals surface area contributed by atoms with Gasteiger partial charge in [-0.2, -0.15) is 0 Å². The molecule has 0 atom stereocenters. The van der Waals surface area contributed by atoms with Crippen molar-refractivity contribution in [1.82, 2.24) is 10.2 Å². The van der Waals surface area contributed by atoms with E-state index in [9.17, 15) is 22.8 Å². The van der Waals surface area contributed by atoms with Crippen molar-refractivity contribution in [3.63, 3.8) is 0 Å². The molecule has 7 heteroatoms. The number of hydrogen-bond acceptors (Lipinski definition) is 2. The van der Waals surface area contributed by atoms with Crippen molar-refractivity contribution in [2.45, 2.75) is 12.7 Å². The number of amides is 3. The number of nitrogens with one attached hydrogen (secondary N) is 1. The van der Waals surface area contributed by atoms with Crippen LogP contribution in [-0.4, -0.2) is 29.7 Å². The molecule has 1 N–H and O–H groups in total. The van der Waals surface area contributed by atoms with E-state index in [0.717, 1.165) is 0 Å². The number of halogens is 3. The van der Waals surface area contributed by atoms with Gasteiger partial charge in [0.25, 0.3) is 0 Å². The lowest BCUT2D eigenvalue weighted by Gasteiger charge is -2.27. The van der Waals surface area contributed by atoms with Gasteiger partial charge in [0.15, 0.2) is 0 Å². The molecule has 68 valence electrons. The smallest absolute Gasteiger partial charge is 0.278 e. The zero-order valence-electron chi connectivity index (χ0n) is 5.81. The molecule has 0 aliphatic carbocycles. The lowest BCUT2D eigenvalue weighted by atomic mass is 10.3. The van der Waals surface area contributed by atoms with Crippen molar-refractivity contribution in [1.29, 1.82) is 0 Å². The van der Waals surface area contributed by atoms with Gasteiger partial charge in [-0.1, -0.05) is 0 Å².